The van der Waals surface area contributed by atoms with Crippen LogP contribution in [0, 0.1) is 12.3 Å². The number of phenols is 1. The molecule has 0 unspecified atom stereocenters. The van der Waals surface area contributed by atoms with E-state index in [2.05, 4.69) is 28.5 Å². The minimum absolute atomic E-state index is 0.0853. The first kappa shape index (κ1) is 9.20. The summed E-state index contributed by atoms with van der Waals surface area (Å²) in [6.07, 6.45) is 5.14. The molecule has 2 nitrogen and oxygen atoms in total. The monoisotopic (exact) mass is 274 g/mol. The third-order valence-electron chi connectivity index (χ3n) is 1.34. The third-order valence-corrected chi connectivity index (χ3v) is 1.65. The predicted molar refractivity (Wildman–Crippen MR) is 55.6 cm³/mol. The highest BCUT2D eigenvalue weighted by atomic mass is 127. The molecule has 0 amide bonds. The Morgan fingerprint density at radius 1 is 1.58 bits per heavy atom. The first-order chi connectivity index (χ1) is 5.77. The molecule has 62 valence electrons. The van der Waals surface area contributed by atoms with Crippen molar-refractivity contribution in [1.82, 2.24) is 0 Å². The molecule has 0 aliphatic rings. The van der Waals surface area contributed by atoms with Gasteiger partial charge in [-0.25, -0.2) is 0 Å². The number of hydrogen-bond acceptors (Lipinski definition) is 2. The van der Waals surface area contributed by atoms with E-state index in [9.17, 15) is 5.11 Å². The Balaban J connectivity index is 2.97. The molecular formula is C9H7IO2. The van der Waals surface area contributed by atoms with E-state index in [1.165, 1.54) is 6.07 Å². The molecule has 0 fully saturated rings. The summed E-state index contributed by atoms with van der Waals surface area (Å²) in [5.41, 5.74) is 0.647. The summed E-state index contributed by atoms with van der Waals surface area (Å²) in [5, 5.41) is 9.33. The number of alkyl halides is 1. The number of terminal acetylenes is 1. The van der Waals surface area contributed by atoms with E-state index in [1.54, 1.807) is 12.1 Å². The maximum absolute atomic E-state index is 9.33. The number of hydrogen-bond donors (Lipinski definition) is 1. The van der Waals surface area contributed by atoms with E-state index in [0.717, 1.165) is 0 Å². The zero-order valence-corrected chi connectivity index (χ0v) is 8.41. The van der Waals surface area contributed by atoms with E-state index in [4.69, 9.17) is 11.2 Å². The van der Waals surface area contributed by atoms with Gasteiger partial charge in [-0.2, -0.15) is 0 Å². The van der Waals surface area contributed by atoms with Crippen LogP contribution < -0.4 is 4.74 Å². The number of benzene rings is 1. The zero-order chi connectivity index (χ0) is 8.97. The molecule has 1 aromatic rings. The summed E-state index contributed by atoms with van der Waals surface area (Å²) in [7, 11) is 0. The van der Waals surface area contributed by atoms with Crippen molar-refractivity contribution in [1.29, 1.82) is 0 Å². The van der Waals surface area contributed by atoms with E-state index in [1.807, 2.05) is 0 Å². The van der Waals surface area contributed by atoms with Gasteiger partial charge in [0.2, 0.25) is 0 Å². The fourth-order valence-electron chi connectivity index (χ4n) is 0.788. The Bertz CT molecular complexity index is 315. The van der Waals surface area contributed by atoms with Crippen molar-refractivity contribution in [3.63, 3.8) is 0 Å². The molecule has 0 heterocycles. The smallest absolute Gasteiger partial charge is 0.162 e. The lowest BCUT2D eigenvalue weighted by molar-refractivity contribution is 0.366. The van der Waals surface area contributed by atoms with Crippen molar-refractivity contribution >= 4 is 22.6 Å². The van der Waals surface area contributed by atoms with Crippen LogP contribution in [-0.4, -0.2) is 9.72 Å². The predicted octanol–water partition coefficient (Wildman–Crippen LogP) is 2.14. The van der Waals surface area contributed by atoms with Crippen LogP contribution in [0.5, 0.6) is 11.5 Å². The number of rotatable bonds is 2. The molecule has 1 N–H and O–H groups in total. The SMILES string of the molecule is C#Cc1ccc(OCI)c(O)c1. The number of halogens is 1. The largest absolute Gasteiger partial charge is 0.504 e. The first-order valence-electron chi connectivity index (χ1n) is 3.26. The summed E-state index contributed by atoms with van der Waals surface area (Å²) >= 11 is 2.05. The van der Waals surface area contributed by atoms with Gasteiger partial charge in [0.05, 0.1) is 0 Å². The average molecular weight is 274 g/mol. The Labute approximate surface area is 84.7 Å². The van der Waals surface area contributed by atoms with Gasteiger partial charge in [-0.1, -0.05) is 5.92 Å². The molecule has 0 radical (unpaired) electrons. The van der Waals surface area contributed by atoms with Gasteiger partial charge in [-0.15, -0.1) is 6.42 Å². The van der Waals surface area contributed by atoms with Crippen LogP contribution in [0.2, 0.25) is 0 Å². The lowest BCUT2D eigenvalue weighted by Gasteiger charge is -2.04. The molecule has 1 aromatic carbocycles. The minimum Gasteiger partial charge on any atom is -0.504 e. The van der Waals surface area contributed by atoms with Crippen molar-refractivity contribution in [2.24, 2.45) is 0 Å². The summed E-state index contributed by atoms with van der Waals surface area (Å²) in [4.78, 5) is 0. The van der Waals surface area contributed by atoms with Crippen LogP contribution in [0.3, 0.4) is 0 Å². The Hall–Kier alpha value is -0.890. The second kappa shape index (κ2) is 4.21. The van der Waals surface area contributed by atoms with E-state index in [0.29, 0.717) is 15.9 Å². The van der Waals surface area contributed by atoms with E-state index >= 15 is 0 Å². The molecule has 3 heteroatoms. The van der Waals surface area contributed by atoms with Gasteiger partial charge in [0.25, 0.3) is 0 Å². The number of phenolic OH excluding ortho intramolecular Hbond substituents is 1. The molecule has 0 spiro atoms. The average Bonchev–Trinajstić information content (AvgIpc) is 2.09. The molecule has 12 heavy (non-hydrogen) atoms. The summed E-state index contributed by atoms with van der Waals surface area (Å²) in [6.45, 7) is 0. The fraction of sp³-hybridized carbons (Fsp3) is 0.111. The zero-order valence-electron chi connectivity index (χ0n) is 6.25. The quantitative estimate of drug-likeness (QED) is 0.508. The highest BCUT2D eigenvalue weighted by Gasteiger charge is 2.00. The molecule has 0 atom stereocenters. The maximum Gasteiger partial charge on any atom is 0.162 e. The van der Waals surface area contributed by atoms with Crippen LogP contribution >= 0.6 is 22.6 Å². The topological polar surface area (TPSA) is 29.5 Å². The van der Waals surface area contributed by atoms with Crippen molar-refractivity contribution in [2.45, 2.75) is 0 Å². The summed E-state index contributed by atoms with van der Waals surface area (Å²) in [5.74, 6) is 2.97. The molecular weight excluding hydrogens is 267 g/mol. The Morgan fingerprint density at radius 3 is 2.83 bits per heavy atom. The van der Waals surface area contributed by atoms with Crippen molar-refractivity contribution in [2.75, 3.05) is 4.61 Å². The number of ether oxygens (including phenoxy) is 1. The standard InChI is InChI=1S/C9H7IO2/c1-2-7-3-4-9(12-6-10)8(11)5-7/h1,3-5,11H,6H2. The summed E-state index contributed by atoms with van der Waals surface area (Å²) < 4.78 is 5.60. The van der Waals surface area contributed by atoms with Crippen LogP contribution in [0.25, 0.3) is 0 Å². The van der Waals surface area contributed by atoms with E-state index in [-0.39, 0.29) is 5.75 Å². The van der Waals surface area contributed by atoms with Crippen LogP contribution in [0.1, 0.15) is 5.56 Å². The van der Waals surface area contributed by atoms with Crippen LogP contribution in [-0.2, 0) is 0 Å². The highest BCUT2D eigenvalue weighted by Crippen LogP contribution is 2.26. The normalized spacial score (nSPS) is 9.00. The molecule has 1 rings (SSSR count). The van der Waals surface area contributed by atoms with Gasteiger partial charge >= 0.3 is 0 Å². The van der Waals surface area contributed by atoms with Crippen molar-refractivity contribution in [3.8, 4) is 23.8 Å². The molecule has 0 bridgehead atoms. The number of aromatic hydroxyl groups is 1. The molecule has 0 aliphatic carbocycles. The molecule has 0 aliphatic heterocycles. The first-order valence-corrected chi connectivity index (χ1v) is 4.79. The molecule has 0 aromatic heterocycles. The van der Waals surface area contributed by atoms with Gasteiger partial charge in [0.1, 0.15) is 4.61 Å². The second-order valence-corrected chi connectivity index (χ2v) is 2.70. The van der Waals surface area contributed by atoms with Gasteiger partial charge in [0, 0.05) is 5.56 Å². The maximum atomic E-state index is 9.33. The van der Waals surface area contributed by atoms with Crippen molar-refractivity contribution < 1.29 is 9.84 Å². The summed E-state index contributed by atoms with van der Waals surface area (Å²) in [6, 6.07) is 4.88. The Kier molecular flexibility index (Phi) is 3.23. The van der Waals surface area contributed by atoms with Gasteiger partial charge < -0.3 is 9.84 Å². The lowest BCUT2D eigenvalue weighted by atomic mass is 10.2. The van der Waals surface area contributed by atoms with Crippen molar-refractivity contribution in [3.05, 3.63) is 23.8 Å². The second-order valence-electron chi connectivity index (χ2n) is 2.08. The van der Waals surface area contributed by atoms with Gasteiger partial charge in [-0.05, 0) is 40.8 Å². The van der Waals surface area contributed by atoms with Gasteiger partial charge in [0.15, 0.2) is 11.5 Å². The lowest BCUT2D eigenvalue weighted by Crippen LogP contribution is -1.88. The fourth-order valence-corrected chi connectivity index (χ4v) is 1.12. The highest BCUT2D eigenvalue weighted by molar-refractivity contribution is 14.1. The van der Waals surface area contributed by atoms with Crippen LogP contribution in [0.15, 0.2) is 18.2 Å². The van der Waals surface area contributed by atoms with E-state index < -0.39 is 0 Å². The van der Waals surface area contributed by atoms with Crippen LogP contribution in [0.4, 0.5) is 0 Å². The third kappa shape index (κ3) is 2.05. The molecule has 0 saturated carbocycles. The minimum atomic E-state index is 0.0853. The van der Waals surface area contributed by atoms with Gasteiger partial charge in [-0.3, -0.25) is 0 Å². The Morgan fingerprint density at radius 2 is 2.33 bits per heavy atom. The molecule has 0 saturated heterocycles.